The lowest BCUT2D eigenvalue weighted by Gasteiger charge is -2.15. The van der Waals surface area contributed by atoms with Crippen molar-refractivity contribution in [1.82, 2.24) is 9.55 Å². The summed E-state index contributed by atoms with van der Waals surface area (Å²) in [6.45, 7) is 3.76. The molecule has 1 aromatic rings. The molecule has 2 heterocycles. The fourth-order valence-corrected chi connectivity index (χ4v) is 3.38. The van der Waals surface area contributed by atoms with E-state index in [0.717, 1.165) is 49.0 Å². The number of hydrogen-bond acceptors (Lipinski definition) is 6. The predicted molar refractivity (Wildman–Crippen MR) is 83.7 cm³/mol. The standard InChI is InChI=1S/C15H24N2O4S/c1-2-20-14(19)6-4-8-22-15-16-9-12(11-18)17(15)10-13-5-3-7-21-13/h9,13,18H,2-8,10-11H2,1H3. The number of thioether (sulfide) groups is 1. The molecule has 0 radical (unpaired) electrons. The van der Waals surface area contributed by atoms with Crippen molar-refractivity contribution in [1.29, 1.82) is 0 Å². The Hall–Kier alpha value is -1.05. The second kappa shape index (κ2) is 9.17. The van der Waals surface area contributed by atoms with Gasteiger partial charge in [-0.3, -0.25) is 4.79 Å². The Morgan fingerprint density at radius 2 is 2.50 bits per heavy atom. The average molecular weight is 328 g/mol. The first-order valence-electron chi connectivity index (χ1n) is 7.79. The summed E-state index contributed by atoms with van der Waals surface area (Å²) in [7, 11) is 0. The third-order valence-corrected chi connectivity index (χ3v) is 4.61. The van der Waals surface area contributed by atoms with Gasteiger partial charge < -0.3 is 19.1 Å². The van der Waals surface area contributed by atoms with Crippen LogP contribution < -0.4 is 0 Å². The molecule has 7 heteroatoms. The van der Waals surface area contributed by atoms with Gasteiger partial charge in [0.05, 0.1) is 37.8 Å². The van der Waals surface area contributed by atoms with Crippen LogP contribution in [0.25, 0.3) is 0 Å². The zero-order valence-corrected chi connectivity index (χ0v) is 13.8. The average Bonchev–Trinajstić information content (AvgIpc) is 3.14. The lowest BCUT2D eigenvalue weighted by molar-refractivity contribution is -0.143. The van der Waals surface area contributed by atoms with Crippen molar-refractivity contribution in [2.75, 3.05) is 19.0 Å². The second-order valence-corrected chi connectivity index (χ2v) is 6.25. The highest BCUT2D eigenvalue weighted by molar-refractivity contribution is 7.99. The van der Waals surface area contributed by atoms with Crippen molar-refractivity contribution in [3.05, 3.63) is 11.9 Å². The number of aromatic nitrogens is 2. The van der Waals surface area contributed by atoms with Gasteiger partial charge in [-0.05, 0) is 26.2 Å². The number of rotatable bonds is 9. The Morgan fingerprint density at radius 3 is 3.18 bits per heavy atom. The Kier molecular flexibility index (Phi) is 7.21. The molecular weight excluding hydrogens is 304 g/mol. The lowest BCUT2D eigenvalue weighted by atomic mass is 10.2. The number of aliphatic hydroxyl groups is 1. The molecule has 0 saturated carbocycles. The van der Waals surface area contributed by atoms with Crippen LogP contribution in [0.4, 0.5) is 0 Å². The van der Waals surface area contributed by atoms with E-state index in [1.165, 1.54) is 0 Å². The highest BCUT2D eigenvalue weighted by atomic mass is 32.2. The van der Waals surface area contributed by atoms with Crippen LogP contribution in [-0.2, 0) is 27.4 Å². The quantitative estimate of drug-likeness (QED) is 0.424. The molecule has 1 atom stereocenters. The molecule has 6 nitrogen and oxygen atoms in total. The van der Waals surface area contributed by atoms with Crippen molar-refractivity contribution in [3.8, 4) is 0 Å². The highest BCUT2D eigenvalue weighted by Crippen LogP contribution is 2.23. The third-order valence-electron chi connectivity index (χ3n) is 3.54. The first kappa shape index (κ1) is 17.3. The summed E-state index contributed by atoms with van der Waals surface area (Å²) in [5, 5.41) is 10.3. The largest absolute Gasteiger partial charge is 0.466 e. The smallest absolute Gasteiger partial charge is 0.305 e. The van der Waals surface area contributed by atoms with Gasteiger partial charge in [0.1, 0.15) is 0 Å². The van der Waals surface area contributed by atoms with E-state index in [9.17, 15) is 9.90 Å². The minimum absolute atomic E-state index is 0.0247. The minimum atomic E-state index is -0.151. The number of imidazole rings is 1. The van der Waals surface area contributed by atoms with E-state index in [-0.39, 0.29) is 18.7 Å². The van der Waals surface area contributed by atoms with Crippen LogP contribution in [0, 0.1) is 0 Å². The molecule has 1 unspecified atom stereocenters. The fraction of sp³-hybridized carbons (Fsp3) is 0.733. The summed E-state index contributed by atoms with van der Waals surface area (Å²) in [5.41, 5.74) is 0.809. The molecule has 0 aromatic carbocycles. The molecule has 22 heavy (non-hydrogen) atoms. The molecule has 1 saturated heterocycles. The summed E-state index contributed by atoms with van der Waals surface area (Å²) in [6.07, 6.45) is 5.25. The predicted octanol–water partition coefficient (Wildman–Crippen LogP) is 1.99. The van der Waals surface area contributed by atoms with Gasteiger partial charge in [0.25, 0.3) is 0 Å². The summed E-state index contributed by atoms with van der Waals surface area (Å²) in [6, 6.07) is 0. The molecule has 0 bridgehead atoms. The van der Waals surface area contributed by atoms with Gasteiger partial charge in [-0.1, -0.05) is 11.8 Å². The van der Waals surface area contributed by atoms with Crippen molar-refractivity contribution >= 4 is 17.7 Å². The number of esters is 1. The topological polar surface area (TPSA) is 73.6 Å². The number of nitrogens with zero attached hydrogens (tertiary/aromatic N) is 2. The Balaban J connectivity index is 1.84. The monoisotopic (exact) mass is 328 g/mol. The maximum Gasteiger partial charge on any atom is 0.305 e. The first-order chi connectivity index (χ1) is 10.7. The van der Waals surface area contributed by atoms with Crippen LogP contribution in [0.15, 0.2) is 11.4 Å². The molecule has 0 amide bonds. The minimum Gasteiger partial charge on any atom is -0.466 e. The van der Waals surface area contributed by atoms with E-state index in [0.29, 0.717) is 13.0 Å². The van der Waals surface area contributed by atoms with E-state index in [1.54, 1.807) is 18.0 Å². The SMILES string of the molecule is CCOC(=O)CCCSc1ncc(CO)n1CC1CCCO1. The van der Waals surface area contributed by atoms with Crippen LogP contribution in [0.2, 0.25) is 0 Å². The second-order valence-electron chi connectivity index (χ2n) is 5.19. The summed E-state index contributed by atoms with van der Waals surface area (Å²) < 4.78 is 12.6. The number of hydrogen-bond donors (Lipinski definition) is 1. The van der Waals surface area contributed by atoms with Crippen LogP contribution in [0.1, 0.15) is 38.3 Å². The molecule has 1 aromatic heterocycles. The van der Waals surface area contributed by atoms with Gasteiger partial charge in [-0.15, -0.1) is 0 Å². The molecule has 1 fully saturated rings. The zero-order valence-electron chi connectivity index (χ0n) is 13.0. The fourth-order valence-electron chi connectivity index (χ4n) is 2.43. The molecular formula is C15H24N2O4S. The highest BCUT2D eigenvalue weighted by Gasteiger charge is 2.19. The van der Waals surface area contributed by atoms with Crippen molar-refractivity contribution in [2.24, 2.45) is 0 Å². The molecule has 124 valence electrons. The van der Waals surface area contributed by atoms with Crippen molar-refractivity contribution < 1.29 is 19.4 Å². The van der Waals surface area contributed by atoms with Crippen molar-refractivity contribution in [2.45, 2.75) is 57.0 Å². The van der Waals surface area contributed by atoms with Crippen LogP contribution in [0.5, 0.6) is 0 Å². The van der Waals surface area contributed by atoms with E-state index in [1.807, 2.05) is 11.5 Å². The lowest BCUT2D eigenvalue weighted by Crippen LogP contribution is -2.17. The summed E-state index contributed by atoms with van der Waals surface area (Å²) in [4.78, 5) is 15.7. The van der Waals surface area contributed by atoms with Gasteiger partial charge in [0, 0.05) is 18.8 Å². The van der Waals surface area contributed by atoms with Gasteiger partial charge in [-0.25, -0.2) is 4.98 Å². The van der Waals surface area contributed by atoms with E-state index < -0.39 is 0 Å². The molecule has 1 aliphatic heterocycles. The summed E-state index contributed by atoms with van der Waals surface area (Å²) in [5.74, 6) is 0.647. The molecule has 1 N–H and O–H groups in total. The number of carbonyl (C=O) groups excluding carboxylic acids is 1. The molecule has 0 aliphatic carbocycles. The van der Waals surface area contributed by atoms with E-state index >= 15 is 0 Å². The van der Waals surface area contributed by atoms with Gasteiger partial charge in [0.15, 0.2) is 5.16 Å². The number of ether oxygens (including phenoxy) is 2. The van der Waals surface area contributed by atoms with Gasteiger partial charge in [-0.2, -0.15) is 0 Å². The van der Waals surface area contributed by atoms with Gasteiger partial charge >= 0.3 is 5.97 Å². The Bertz CT molecular complexity index is 472. The maximum atomic E-state index is 11.3. The van der Waals surface area contributed by atoms with E-state index in [4.69, 9.17) is 9.47 Å². The molecule has 0 spiro atoms. The number of aliphatic hydroxyl groups excluding tert-OH is 1. The normalized spacial score (nSPS) is 17.8. The van der Waals surface area contributed by atoms with Crippen molar-refractivity contribution in [3.63, 3.8) is 0 Å². The van der Waals surface area contributed by atoms with Crippen LogP contribution >= 0.6 is 11.8 Å². The molecule has 2 rings (SSSR count). The van der Waals surface area contributed by atoms with Crippen LogP contribution in [0.3, 0.4) is 0 Å². The third kappa shape index (κ3) is 5.00. The van der Waals surface area contributed by atoms with E-state index in [2.05, 4.69) is 4.98 Å². The van der Waals surface area contributed by atoms with Crippen LogP contribution in [-0.4, -0.2) is 45.7 Å². The maximum absolute atomic E-state index is 11.3. The van der Waals surface area contributed by atoms with Gasteiger partial charge in [0.2, 0.25) is 0 Å². The first-order valence-corrected chi connectivity index (χ1v) is 8.78. The molecule has 1 aliphatic rings. The zero-order chi connectivity index (χ0) is 15.8. The Morgan fingerprint density at radius 1 is 1.64 bits per heavy atom. The Labute approximate surface area is 135 Å². The summed E-state index contributed by atoms with van der Waals surface area (Å²) >= 11 is 1.60. The number of carbonyl (C=O) groups is 1.